The minimum Gasteiger partial charge on any atom is -0.382 e. The van der Waals surface area contributed by atoms with Crippen LogP contribution in [0.15, 0.2) is 22.9 Å². The molecule has 1 heteroatoms. The number of allylic oxidation sites excluding steroid dienone is 3. The van der Waals surface area contributed by atoms with Crippen LogP contribution in [-0.2, 0) is 0 Å². The zero-order valence-electron chi connectivity index (χ0n) is 7.15. The maximum atomic E-state index is 3.39. The van der Waals surface area contributed by atoms with Crippen molar-refractivity contribution in [3.05, 3.63) is 22.9 Å². The summed E-state index contributed by atoms with van der Waals surface area (Å²) in [4.78, 5) is 0. The Labute approximate surface area is 62.8 Å². The Morgan fingerprint density at radius 1 is 1.30 bits per heavy atom. The van der Waals surface area contributed by atoms with E-state index in [1.807, 2.05) is 0 Å². The van der Waals surface area contributed by atoms with Crippen LogP contribution >= 0.6 is 0 Å². The van der Waals surface area contributed by atoms with Gasteiger partial charge in [-0.2, -0.15) is 0 Å². The van der Waals surface area contributed by atoms with E-state index in [2.05, 4.69) is 39.1 Å². The molecule has 1 rings (SSSR count). The lowest BCUT2D eigenvalue weighted by Crippen LogP contribution is -2.28. The summed E-state index contributed by atoms with van der Waals surface area (Å²) in [6.45, 7) is 8.60. The normalized spacial score (nSPS) is 26.0. The highest BCUT2D eigenvalue weighted by Crippen LogP contribution is 2.15. The predicted octanol–water partition coefficient (Wildman–Crippen LogP) is 2.22. The number of hydrogen-bond acceptors (Lipinski definition) is 1. The van der Waals surface area contributed by atoms with Gasteiger partial charge in [0.25, 0.3) is 0 Å². The van der Waals surface area contributed by atoms with Gasteiger partial charge in [0.05, 0.1) is 0 Å². The van der Waals surface area contributed by atoms with Crippen molar-refractivity contribution in [3.8, 4) is 0 Å². The number of nitrogens with one attached hydrogen (secondary N) is 1. The molecule has 1 heterocycles. The lowest BCUT2D eigenvalue weighted by atomic mass is 10.0. The topological polar surface area (TPSA) is 12.0 Å². The number of rotatable bonds is 0. The Morgan fingerprint density at radius 3 is 2.40 bits per heavy atom. The highest BCUT2D eigenvalue weighted by molar-refractivity contribution is 5.31. The summed E-state index contributed by atoms with van der Waals surface area (Å²) < 4.78 is 0. The molecule has 0 aromatic rings. The smallest absolute Gasteiger partial charge is 0.0442 e. The van der Waals surface area contributed by atoms with Gasteiger partial charge < -0.3 is 5.32 Å². The quantitative estimate of drug-likeness (QED) is 0.540. The van der Waals surface area contributed by atoms with Gasteiger partial charge in [-0.3, -0.25) is 0 Å². The van der Waals surface area contributed by atoms with Crippen LogP contribution in [0.1, 0.15) is 27.7 Å². The molecule has 0 saturated heterocycles. The van der Waals surface area contributed by atoms with Crippen LogP contribution in [0.2, 0.25) is 0 Å². The molecule has 1 unspecified atom stereocenters. The maximum absolute atomic E-state index is 3.39. The van der Waals surface area contributed by atoms with Gasteiger partial charge in [0.2, 0.25) is 0 Å². The van der Waals surface area contributed by atoms with E-state index in [1.54, 1.807) is 0 Å². The molecule has 0 aromatic heterocycles. The second-order valence-corrected chi connectivity index (χ2v) is 3.06. The van der Waals surface area contributed by atoms with Gasteiger partial charge in [-0.15, -0.1) is 0 Å². The summed E-state index contributed by atoms with van der Waals surface area (Å²) in [5.74, 6) is 0. The van der Waals surface area contributed by atoms with Gasteiger partial charge in [0, 0.05) is 11.7 Å². The first-order valence-electron chi connectivity index (χ1n) is 3.73. The van der Waals surface area contributed by atoms with Crippen LogP contribution in [0.25, 0.3) is 0 Å². The van der Waals surface area contributed by atoms with Crippen molar-refractivity contribution < 1.29 is 0 Å². The Kier molecular flexibility index (Phi) is 1.84. The highest BCUT2D eigenvalue weighted by Gasteiger charge is 2.09. The third-order valence-electron chi connectivity index (χ3n) is 2.15. The first kappa shape index (κ1) is 7.39. The minimum absolute atomic E-state index is 0.517. The fourth-order valence-corrected chi connectivity index (χ4v) is 1.13. The van der Waals surface area contributed by atoms with Gasteiger partial charge in [-0.25, -0.2) is 0 Å². The summed E-state index contributed by atoms with van der Waals surface area (Å²) >= 11 is 0. The third-order valence-corrected chi connectivity index (χ3v) is 2.15. The molecule has 10 heavy (non-hydrogen) atoms. The SMILES string of the molecule is CC1=CC(C)=C(C)NC1C. The van der Waals surface area contributed by atoms with Crippen LogP contribution in [0.5, 0.6) is 0 Å². The zero-order chi connectivity index (χ0) is 7.72. The molecule has 0 aliphatic carbocycles. The lowest BCUT2D eigenvalue weighted by Gasteiger charge is -2.22. The van der Waals surface area contributed by atoms with Gasteiger partial charge in [-0.1, -0.05) is 11.6 Å². The van der Waals surface area contributed by atoms with E-state index in [-0.39, 0.29) is 0 Å². The van der Waals surface area contributed by atoms with E-state index in [0.717, 1.165) is 0 Å². The molecule has 0 saturated carbocycles. The van der Waals surface area contributed by atoms with Crippen LogP contribution < -0.4 is 5.32 Å². The first-order chi connectivity index (χ1) is 4.61. The van der Waals surface area contributed by atoms with Gasteiger partial charge in [0.15, 0.2) is 0 Å². The second kappa shape index (κ2) is 2.49. The Bertz CT molecular complexity index is 199. The van der Waals surface area contributed by atoms with Gasteiger partial charge in [0.1, 0.15) is 0 Å². The number of dihydropyridines is 1. The van der Waals surface area contributed by atoms with Crippen molar-refractivity contribution in [2.24, 2.45) is 0 Å². The van der Waals surface area contributed by atoms with E-state index in [4.69, 9.17) is 0 Å². The fraction of sp³-hybridized carbons (Fsp3) is 0.556. The molecule has 1 atom stereocenters. The van der Waals surface area contributed by atoms with Gasteiger partial charge in [-0.05, 0) is 33.3 Å². The molecule has 0 bridgehead atoms. The van der Waals surface area contributed by atoms with E-state index < -0.39 is 0 Å². The summed E-state index contributed by atoms with van der Waals surface area (Å²) in [5, 5.41) is 3.39. The van der Waals surface area contributed by atoms with Crippen LogP contribution in [0.4, 0.5) is 0 Å². The molecule has 0 aromatic carbocycles. The van der Waals surface area contributed by atoms with E-state index in [0.29, 0.717) is 6.04 Å². The molecule has 1 nitrogen and oxygen atoms in total. The molecule has 0 fully saturated rings. The van der Waals surface area contributed by atoms with Crippen molar-refractivity contribution in [3.63, 3.8) is 0 Å². The summed E-state index contributed by atoms with van der Waals surface area (Å²) in [6, 6.07) is 0.517. The van der Waals surface area contributed by atoms with Crippen molar-refractivity contribution >= 4 is 0 Å². The molecule has 56 valence electrons. The van der Waals surface area contributed by atoms with E-state index in [9.17, 15) is 0 Å². The standard InChI is InChI=1S/C9H15N/c1-6-5-7(2)9(4)10-8(6)3/h5,8,10H,1-4H3. The molecule has 1 aliphatic rings. The molecule has 0 spiro atoms. The van der Waals surface area contributed by atoms with Gasteiger partial charge >= 0.3 is 0 Å². The summed E-state index contributed by atoms with van der Waals surface area (Å²) in [7, 11) is 0. The van der Waals surface area contributed by atoms with Crippen LogP contribution in [0, 0.1) is 0 Å². The van der Waals surface area contributed by atoms with Crippen molar-refractivity contribution in [1.29, 1.82) is 0 Å². The first-order valence-corrected chi connectivity index (χ1v) is 3.73. The molecule has 1 aliphatic heterocycles. The largest absolute Gasteiger partial charge is 0.382 e. The Morgan fingerprint density at radius 2 is 1.90 bits per heavy atom. The maximum Gasteiger partial charge on any atom is 0.0442 e. The second-order valence-electron chi connectivity index (χ2n) is 3.06. The van der Waals surface area contributed by atoms with Crippen LogP contribution in [-0.4, -0.2) is 6.04 Å². The average Bonchev–Trinajstić information content (AvgIpc) is 1.84. The number of hydrogen-bond donors (Lipinski definition) is 1. The van der Waals surface area contributed by atoms with E-state index >= 15 is 0 Å². The third kappa shape index (κ3) is 1.23. The fourth-order valence-electron chi connectivity index (χ4n) is 1.13. The minimum atomic E-state index is 0.517. The average molecular weight is 137 g/mol. The molecular weight excluding hydrogens is 122 g/mol. The molecular formula is C9H15N. The zero-order valence-corrected chi connectivity index (χ0v) is 7.15. The van der Waals surface area contributed by atoms with Crippen LogP contribution in [0.3, 0.4) is 0 Å². The molecule has 0 radical (unpaired) electrons. The summed E-state index contributed by atoms with van der Waals surface area (Å²) in [6.07, 6.45) is 2.25. The lowest BCUT2D eigenvalue weighted by molar-refractivity contribution is 0.673. The Balaban J connectivity index is 2.88. The molecule has 1 N–H and O–H groups in total. The Hall–Kier alpha value is -0.720. The van der Waals surface area contributed by atoms with Crippen molar-refractivity contribution in [2.45, 2.75) is 33.7 Å². The van der Waals surface area contributed by atoms with E-state index in [1.165, 1.54) is 16.8 Å². The molecule has 0 amide bonds. The predicted molar refractivity (Wildman–Crippen MR) is 44.7 cm³/mol. The van der Waals surface area contributed by atoms with Crippen molar-refractivity contribution in [1.82, 2.24) is 5.32 Å². The monoisotopic (exact) mass is 137 g/mol. The summed E-state index contributed by atoms with van der Waals surface area (Å²) in [5.41, 5.74) is 4.08. The highest BCUT2D eigenvalue weighted by atomic mass is 14.9. The van der Waals surface area contributed by atoms with Crippen molar-refractivity contribution in [2.75, 3.05) is 0 Å².